The number of aliphatic carboxylic acids is 2. The maximum atomic E-state index is 16.0. The number of aromatic nitrogens is 2. The Morgan fingerprint density at radius 2 is 1.84 bits per heavy atom. The third-order valence-electron chi connectivity index (χ3n) is 9.37. The molecular formula is C34H35F3N8O10S2. The Morgan fingerprint density at radius 1 is 1.14 bits per heavy atom. The molecule has 1 aromatic carbocycles. The van der Waals surface area contributed by atoms with Gasteiger partial charge in [-0.05, 0) is 27.0 Å². The van der Waals surface area contributed by atoms with E-state index in [1.807, 2.05) is 11.9 Å². The number of thiazole rings is 1. The van der Waals surface area contributed by atoms with Crippen LogP contribution < -0.4 is 21.4 Å². The summed E-state index contributed by atoms with van der Waals surface area (Å²) in [6, 6.07) is -0.503. The lowest BCUT2D eigenvalue weighted by molar-refractivity contribution is -0.161. The number of aryl methyl sites for hydroxylation is 1. The first-order chi connectivity index (χ1) is 26.9. The average Bonchev–Trinajstić information content (AvgIpc) is 3.59. The van der Waals surface area contributed by atoms with Crippen molar-refractivity contribution in [1.29, 1.82) is 0 Å². The van der Waals surface area contributed by atoms with Crippen molar-refractivity contribution in [2.75, 3.05) is 62.9 Å². The molecule has 2 saturated heterocycles. The number of anilines is 2. The van der Waals surface area contributed by atoms with E-state index in [1.54, 1.807) is 0 Å². The molecule has 3 aliphatic heterocycles. The third kappa shape index (κ3) is 7.85. The van der Waals surface area contributed by atoms with Gasteiger partial charge in [0.25, 0.3) is 11.8 Å². The molecule has 5 heterocycles. The zero-order valence-corrected chi connectivity index (χ0v) is 32.0. The van der Waals surface area contributed by atoms with Crippen LogP contribution in [0, 0.1) is 11.6 Å². The number of carboxylic acid groups (broad SMARTS) is 2. The van der Waals surface area contributed by atoms with Gasteiger partial charge >= 0.3 is 17.9 Å². The number of halogens is 3. The zero-order chi connectivity index (χ0) is 41.5. The standard InChI is InChI=1S/C34H35F3N8O10S2/c1-34(2,32(52)53)55-41-21(19-14-57-33(38)39-19)27(47)40-22-28(48)45-23(30(49)50)15(13-56-29(22)45)12-54-31(51)17-11-44(5-4-35)24-16(26(17)46)10-18(36)25(20(24)37)43-8-6-42(3)7-9-43/h10-11,14,22,29H,4-9,12-13H2,1-3H3,(H2,38,39)(H,40,47)(H,49,50)(H,52,53)/b41-21+/t22-,29?/m1/s1. The van der Waals surface area contributed by atoms with Crippen LogP contribution in [0.2, 0.25) is 0 Å². The minimum absolute atomic E-state index is 0.0466. The summed E-state index contributed by atoms with van der Waals surface area (Å²) in [5.74, 6) is -8.43. The van der Waals surface area contributed by atoms with Crippen LogP contribution in [0.3, 0.4) is 0 Å². The highest BCUT2D eigenvalue weighted by Gasteiger charge is 2.54. The van der Waals surface area contributed by atoms with E-state index < -0.39 is 112 Å². The summed E-state index contributed by atoms with van der Waals surface area (Å²) in [6.07, 6.45) is 0.900. The molecule has 3 aromatic rings. The van der Waals surface area contributed by atoms with E-state index in [4.69, 9.17) is 15.3 Å². The first kappa shape index (κ1) is 41.0. The molecule has 0 spiro atoms. The number of carbonyl (C=O) groups is 5. The van der Waals surface area contributed by atoms with Crippen molar-refractivity contribution in [2.45, 2.75) is 37.4 Å². The molecule has 2 amide bonds. The maximum absolute atomic E-state index is 16.0. The molecule has 0 saturated carbocycles. The number of piperazine rings is 1. The van der Waals surface area contributed by atoms with Crippen LogP contribution in [0.4, 0.5) is 24.0 Å². The Balaban J connectivity index is 1.22. The van der Waals surface area contributed by atoms with Crippen molar-refractivity contribution in [3.8, 4) is 0 Å². The smallest absolute Gasteiger partial charge is 0.352 e. The highest BCUT2D eigenvalue weighted by atomic mass is 32.2. The fourth-order valence-electron chi connectivity index (χ4n) is 6.24. The number of likely N-dealkylation sites (N-methyl/N-ethyl adjacent to an activating group) is 1. The first-order valence-electron chi connectivity index (χ1n) is 17.1. The highest BCUT2D eigenvalue weighted by molar-refractivity contribution is 8.00. The Labute approximate surface area is 328 Å². The summed E-state index contributed by atoms with van der Waals surface area (Å²) in [7, 11) is 1.86. The van der Waals surface area contributed by atoms with Crippen molar-refractivity contribution in [3.05, 3.63) is 62.0 Å². The second-order valence-electron chi connectivity index (χ2n) is 13.6. The lowest BCUT2D eigenvalue weighted by Gasteiger charge is -2.49. The number of pyridine rings is 1. The number of thioether (sulfide) groups is 1. The number of carbonyl (C=O) groups excluding carboxylic acids is 3. The van der Waals surface area contributed by atoms with E-state index in [1.165, 1.54) is 24.1 Å². The number of ether oxygens (including phenoxy) is 1. The maximum Gasteiger partial charge on any atom is 0.352 e. The lowest BCUT2D eigenvalue weighted by Crippen LogP contribution is -2.71. The quantitative estimate of drug-likeness (QED) is 0.0820. The summed E-state index contributed by atoms with van der Waals surface area (Å²) in [6.45, 7) is 1.73. The van der Waals surface area contributed by atoms with E-state index in [0.717, 1.165) is 44.8 Å². The zero-order valence-electron chi connectivity index (χ0n) is 30.4. The SMILES string of the molecule is CN1CCN(c2c(F)cc3c(=O)c(C(=O)OCC4=C(C(=O)O)N5C(=O)[C@@H](NC(=O)/C(=N/OC(C)(C)C(=O)O)c6csc(N)n6)C5SC4)cn(CCF)c3c2F)CC1. The number of amides is 2. The topological polar surface area (TPSA) is 239 Å². The van der Waals surface area contributed by atoms with E-state index in [2.05, 4.69) is 15.5 Å². The highest BCUT2D eigenvalue weighted by Crippen LogP contribution is 2.40. The predicted molar refractivity (Wildman–Crippen MR) is 200 cm³/mol. The molecule has 0 radical (unpaired) electrons. The number of β-lactam (4-membered cyclic amide) rings is 1. The summed E-state index contributed by atoms with van der Waals surface area (Å²) in [5.41, 5.74) is 0.0440. The van der Waals surface area contributed by atoms with E-state index in [-0.39, 0.29) is 27.8 Å². The molecule has 3 aliphatic rings. The molecule has 23 heteroatoms. The fourth-order valence-corrected chi connectivity index (χ4v) is 8.12. The molecule has 0 bridgehead atoms. The monoisotopic (exact) mass is 836 g/mol. The molecule has 0 aliphatic carbocycles. The number of nitrogens with zero attached hydrogens (tertiary/aromatic N) is 6. The minimum Gasteiger partial charge on any atom is -0.478 e. The molecular weight excluding hydrogens is 802 g/mol. The van der Waals surface area contributed by atoms with Gasteiger partial charge in [0.1, 0.15) is 53.2 Å². The second-order valence-corrected chi connectivity index (χ2v) is 15.6. The van der Waals surface area contributed by atoms with Gasteiger partial charge in [0.2, 0.25) is 11.0 Å². The Hall–Kier alpha value is -5.68. The van der Waals surface area contributed by atoms with Crippen LogP contribution >= 0.6 is 23.1 Å². The number of esters is 1. The molecule has 2 fully saturated rings. The van der Waals surface area contributed by atoms with E-state index in [0.29, 0.717) is 26.2 Å². The molecule has 2 aromatic heterocycles. The van der Waals surface area contributed by atoms with Gasteiger partial charge in [0.15, 0.2) is 16.7 Å². The van der Waals surface area contributed by atoms with Crippen LogP contribution in [0.15, 0.2) is 38.9 Å². The van der Waals surface area contributed by atoms with Gasteiger partial charge < -0.3 is 45.2 Å². The number of nitrogens with one attached hydrogen (secondary N) is 1. The number of carboxylic acids is 2. The van der Waals surface area contributed by atoms with Crippen molar-refractivity contribution >= 4 is 80.3 Å². The largest absolute Gasteiger partial charge is 0.478 e. The number of benzene rings is 1. The number of alkyl halides is 1. The molecule has 57 heavy (non-hydrogen) atoms. The van der Waals surface area contributed by atoms with Gasteiger partial charge in [0.05, 0.1) is 17.4 Å². The number of nitrogens with two attached hydrogens (primary N) is 1. The summed E-state index contributed by atoms with van der Waals surface area (Å²) >= 11 is 1.95. The van der Waals surface area contributed by atoms with Gasteiger partial charge in [-0.2, -0.15) is 0 Å². The predicted octanol–water partition coefficient (Wildman–Crippen LogP) is 1.22. The number of oxime groups is 1. The summed E-state index contributed by atoms with van der Waals surface area (Å²) in [5, 5.41) is 25.5. The van der Waals surface area contributed by atoms with Crippen LogP contribution in [0.25, 0.3) is 10.9 Å². The number of nitrogen functional groups attached to an aromatic ring is 1. The van der Waals surface area contributed by atoms with E-state index in [9.17, 15) is 43.4 Å². The van der Waals surface area contributed by atoms with Gasteiger partial charge in [-0.25, -0.2) is 32.5 Å². The van der Waals surface area contributed by atoms with Crippen molar-refractivity contribution in [2.24, 2.45) is 5.16 Å². The second kappa shape index (κ2) is 16.1. The normalized spacial score (nSPS) is 19.0. The van der Waals surface area contributed by atoms with Crippen LogP contribution in [0.1, 0.15) is 29.9 Å². The molecule has 304 valence electrons. The van der Waals surface area contributed by atoms with Crippen molar-refractivity contribution in [3.63, 3.8) is 0 Å². The van der Waals surface area contributed by atoms with Crippen molar-refractivity contribution in [1.82, 2.24) is 24.7 Å². The van der Waals surface area contributed by atoms with Crippen LogP contribution in [0.5, 0.6) is 0 Å². The van der Waals surface area contributed by atoms with Gasteiger partial charge in [-0.1, -0.05) is 5.16 Å². The van der Waals surface area contributed by atoms with Gasteiger partial charge in [-0.3, -0.25) is 19.3 Å². The minimum atomic E-state index is -1.86. The van der Waals surface area contributed by atoms with Crippen LogP contribution in [-0.2, 0) is 35.3 Å². The van der Waals surface area contributed by atoms with Gasteiger partial charge in [0, 0.05) is 49.1 Å². The Morgan fingerprint density at radius 3 is 2.46 bits per heavy atom. The Bertz CT molecular complexity index is 2310. The third-order valence-corrected chi connectivity index (χ3v) is 11.4. The fraction of sp³-hybridized carbons (Fsp3) is 0.412. The molecule has 5 N–H and O–H groups in total. The number of hydrogen-bond acceptors (Lipinski definition) is 15. The lowest BCUT2D eigenvalue weighted by atomic mass is 10.0. The van der Waals surface area contributed by atoms with E-state index >= 15 is 8.78 Å². The van der Waals surface area contributed by atoms with Gasteiger partial charge in [-0.15, -0.1) is 23.1 Å². The van der Waals surface area contributed by atoms with Crippen molar-refractivity contribution < 1.29 is 56.9 Å². The summed E-state index contributed by atoms with van der Waals surface area (Å²) < 4.78 is 51.4. The summed E-state index contributed by atoms with van der Waals surface area (Å²) in [4.78, 5) is 90.9. The number of hydrogen-bond donors (Lipinski definition) is 4. The number of fused-ring (bicyclic) bond motifs is 2. The Kier molecular flexibility index (Phi) is 11.5. The van der Waals surface area contributed by atoms with Crippen LogP contribution in [-0.4, -0.2) is 134 Å². The molecule has 6 rings (SSSR count). The average molecular weight is 837 g/mol. The molecule has 1 unspecified atom stereocenters. The molecule has 2 atom stereocenters. The number of rotatable bonds is 13. The molecule has 18 nitrogen and oxygen atoms in total. The first-order valence-corrected chi connectivity index (χ1v) is 19.0.